The van der Waals surface area contributed by atoms with Gasteiger partial charge in [-0.25, -0.2) is 9.97 Å². The molecule has 162 valence electrons. The number of carbonyl (C=O) groups excluding carboxylic acids is 1. The number of likely N-dealkylation sites (tertiary alicyclic amines) is 1. The number of nitrogens with zero attached hydrogens (tertiary/aromatic N) is 5. The number of hydrogen-bond acceptors (Lipinski definition) is 7. The average molecular weight is 414 g/mol. The summed E-state index contributed by atoms with van der Waals surface area (Å²) < 4.78 is 11.0. The van der Waals surface area contributed by atoms with Crippen LogP contribution in [0.3, 0.4) is 0 Å². The lowest BCUT2D eigenvalue weighted by Crippen LogP contribution is -2.44. The molecule has 0 N–H and O–H groups in total. The van der Waals surface area contributed by atoms with E-state index in [2.05, 4.69) is 22.0 Å². The molecule has 0 radical (unpaired) electrons. The maximum atomic E-state index is 12.7. The fourth-order valence-corrected chi connectivity index (χ4v) is 4.25. The van der Waals surface area contributed by atoms with Crippen LogP contribution >= 0.6 is 0 Å². The zero-order valence-electron chi connectivity index (χ0n) is 18.0. The van der Waals surface area contributed by atoms with Crippen LogP contribution < -0.4 is 0 Å². The van der Waals surface area contributed by atoms with Crippen LogP contribution in [0.5, 0.6) is 0 Å². The Hall–Kier alpha value is -2.32. The minimum absolute atomic E-state index is 0.215. The van der Waals surface area contributed by atoms with Gasteiger partial charge >= 0.3 is 0 Å². The summed E-state index contributed by atoms with van der Waals surface area (Å²) in [6.45, 7) is 9.16. The second kappa shape index (κ2) is 9.66. The zero-order valence-corrected chi connectivity index (χ0v) is 18.0. The van der Waals surface area contributed by atoms with Crippen molar-refractivity contribution in [1.29, 1.82) is 0 Å². The van der Waals surface area contributed by atoms with E-state index in [0.717, 1.165) is 80.5 Å². The monoisotopic (exact) mass is 413 g/mol. The molecular formula is C22H31N5O3. The lowest BCUT2D eigenvalue weighted by molar-refractivity contribution is -0.132. The highest BCUT2D eigenvalue weighted by molar-refractivity contribution is 5.78. The second-order valence-electron chi connectivity index (χ2n) is 8.17. The van der Waals surface area contributed by atoms with Gasteiger partial charge in [0.1, 0.15) is 5.82 Å². The van der Waals surface area contributed by atoms with Crippen LogP contribution in [0.4, 0.5) is 0 Å². The summed E-state index contributed by atoms with van der Waals surface area (Å²) >= 11 is 0. The van der Waals surface area contributed by atoms with Crippen molar-refractivity contribution >= 4 is 5.91 Å². The van der Waals surface area contributed by atoms with Gasteiger partial charge in [-0.2, -0.15) is 0 Å². The van der Waals surface area contributed by atoms with E-state index in [4.69, 9.17) is 14.2 Å². The van der Waals surface area contributed by atoms with E-state index in [1.807, 2.05) is 24.1 Å². The molecule has 0 aromatic carbocycles. The number of hydrogen-bond donors (Lipinski definition) is 0. The predicted octanol–water partition coefficient (Wildman–Crippen LogP) is 2.43. The number of aryl methyl sites for hydroxylation is 2. The standard InChI is InChI=1S/C22H31N5O3/c1-3-20-23-14-18(19-13-16(2)25-30-19)22(24-20)17-5-8-26(9-6-17)15-21(28)27-7-4-11-29-12-10-27/h13-14,17H,3-12,15H2,1-2H3. The summed E-state index contributed by atoms with van der Waals surface area (Å²) in [4.78, 5) is 26.2. The maximum Gasteiger partial charge on any atom is 0.236 e. The van der Waals surface area contributed by atoms with Gasteiger partial charge in [0.05, 0.1) is 30.1 Å². The molecule has 2 aliphatic heterocycles. The van der Waals surface area contributed by atoms with Gasteiger partial charge in [-0.05, 0) is 39.3 Å². The fraction of sp³-hybridized carbons (Fsp3) is 0.636. The molecule has 0 aliphatic carbocycles. The molecule has 2 fully saturated rings. The lowest BCUT2D eigenvalue weighted by Gasteiger charge is -2.33. The van der Waals surface area contributed by atoms with Crippen molar-refractivity contribution in [3.05, 3.63) is 29.5 Å². The van der Waals surface area contributed by atoms with E-state index in [0.29, 0.717) is 25.6 Å². The summed E-state index contributed by atoms with van der Waals surface area (Å²) in [5, 5.41) is 4.03. The van der Waals surface area contributed by atoms with Crippen molar-refractivity contribution in [2.45, 2.75) is 45.4 Å². The number of aromatic nitrogens is 3. The van der Waals surface area contributed by atoms with E-state index < -0.39 is 0 Å². The Bertz CT molecular complexity index is 852. The molecule has 0 unspecified atom stereocenters. The van der Waals surface area contributed by atoms with Crippen LogP contribution in [0.1, 0.15) is 49.3 Å². The van der Waals surface area contributed by atoms with E-state index >= 15 is 0 Å². The fourth-order valence-electron chi connectivity index (χ4n) is 4.25. The van der Waals surface area contributed by atoms with E-state index in [1.165, 1.54) is 0 Å². The normalized spacial score (nSPS) is 19.1. The van der Waals surface area contributed by atoms with Gasteiger partial charge in [0.25, 0.3) is 0 Å². The molecule has 1 amide bonds. The molecule has 2 aromatic heterocycles. The van der Waals surface area contributed by atoms with Crippen molar-refractivity contribution in [1.82, 2.24) is 24.9 Å². The first-order valence-electron chi connectivity index (χ1n) is 11.0. The Morgan fingerprint density at radius 1 is 1.20 bits per heavy atom. The summed E-state index contributed by atoms with van der Waals surface area (Å²) in [5.41, 5.74) is 2.84. The van der Waals surface area contributed by atoms with Crippen molar-refractivity contribution in [3.63, 3.8) is 0 Å². The van der Waals surface area contributed by atoms with E-state index in [9.17, 15) is 4.79 Å². The van der Waals surface area contributed by atoms with Crippen LogP contribution in [0.15, 0.2) is 16.8 Å². The maximum absolute atomic E-state index is 12.7. The molecule has 2 aromatic rings. The first-order chi connectivity index (χ1) is 14.6. The lowest BCUT2D eigenvalue weighted by atomic mass is 9.90. The quantitative estimate of drug-likeness (QED) is 0.744. The molecular weight excluding hydrogens is 382 g/mol. The van der Waals surface area contributed by atoms with Gasteiger partial charge in [0, 0.05) is 44.3 Å². The number of rotatable bonds is 5. The molecule has 2 aliphatic rings. The number of amides is 1. The van der Waals surface area contributed by atoms with E-state index in [1.54, 1.807) is 0 Å². The highest BCUT2D eigenvalue weighted by Crippen LogP contribution is 2.34. The SMILES string of the molecule is CCc1ncc(-c2cc(C)no2)c(C2CCN(CC(=O)N3CCCOCC3)CC2)n1. The summed E-state index contributed by atoms with van der Waals surface area (Å²) in [5.74, 6) is 2.13. The van der Waals surface area contributed by atoms with Gasteiger partial charge < -0.3 is 14.2 Å². The molecule has 8 heteroatoms. The predicted molar refractivity (Wildman–Crippen MR) is 112 cm³/mol. The minimum Gasteiger partial charge on any atom is -0.380 e. The molecule has 4 heterocycles. The molecule has 0 atom stereocenters. The van der Waals surface area contributed by atoms with Crippen molar-refractivity contribution in [3.8, 4) is 11.3 Å². The topological polar surface area (TPSA) is 84.6 Å². The van der Waals surface area contributed by atoms with Crippen LogP contribution in [-0.4, -0.2) is 76.8 Å². The molecule has 4 rings (SSSR count). The Balaban J connectivity index is 1.41. The van der Waals surface area contributed by atoms with Crippen molar-refractivity contribution in [2.75, 3.05) is 45.9 Å². The number of piperidine rings is 1. The van der Waals surface area contributed by atoms with Gasteiger partial charge in [0.2, 0.25) is 5.91 Å². The summed E-state index contributed by atoms with van der Waals surface area (Å²) in [7, 11) is 0. The van der Waals surface area contributed by atoms with Gasteiger partial charge in [-0.1, -0.05) is 12.1 Å². The molecule has 30 heavy (non-hydrogen) atoms. The van der Waals surface area contributed by atoms with Crippen LogP contribution in [0.25, 0.3) is 11.3 Å². The van der Waals surface area contributed by atoms with Crippen LogP contribution in [-0.2, 0) is 16.0 Å². The second-order valence-corrected chi connectivity index (χ2v) is 8.17. The van der Waals surface area contributed by atoms with Gasteiger partial charge in [-0.15, -0.1) is 0 Å². The summed E-state index contributed by atoms with van der Waals surface area (Å²) in [6.07, 6.45) is 5.53. The average Bonchev–Trinajstić information content (AvgIpc) is 3.02. The van der Waals surface area contributed by atoms with Crippen molar-refractivity contribution < 1.29 is 14.1 Å². The molecule has 0 bridgehead atoms. The molecule has 0 saturated carbocycles. The third-order valence-electron chi connectivity index (χ3n) is 5.99. The first kappa shape index (κ1) is 20.9. The molecule has 2 saturated heterocycles. The summed E-state index contributed by atoms with van der Waals surface area (Å²) in [6, 6.07) is 1.94. The first-order valence-corrected chi connectivity index (χ1v) is 11.0. The zero-order chi connectivity index (χ0) is 20.9. The molecule has 8 nitrogen and oxygen atoms in total. The minimum atomic E-state index is 0.215. The Morgan fingerprint density at radius 2 is 2.03 bits per heavy atom. The Morgan fingerprint density at radius 3 is 2.77 bits per heavy atom. The number of ether oxygens (including phenoxy) is 1. The molecule has 0 spiro atoms. The van der Waals surface area contributed by atoms with Crippen molar-refractivity contribution in [2.24, 2.45) is 0 Å². The highest BCUT2D eigenvalue weighted by atomic mass is 16.5. The largest absolute Gasteiger partial charge is 0.380 e. The number of carbonyl (C=O) groups is 1. The smallest absolute Gasteiger partial charge is 0.236 e. The Labute approximate surface area is 177 Å². The van der Waals surface area contributed by atoms with Crippen LogP contribution in [0, 0.1) is 6.92 Å². The van der Waals surface area contributed by atoms with E-state index in [-0.39, 0.29) is 5.91 Å². The van der Waals surface area contributed by atoms with Gasteiger partial charge in [0.15, 0.2) is 5.76 Å². The highest BCUT2D eigenvalue weighted by Gasteiger charge is 2.28. The third-order valence-corrected chi connectivity index (χ3v) is 5.99. The van der Waals surface area contributed by atoms with Crippen LogP contribution in [0.2, 0.25) is 0 Å². The van der Waals surface area contributed by atoms with Gasteiger partial charge in [-0.3, -0.25) is 9.69 Å². The third kappa shape index (κ3) is 4.87. The Kier molecular flexibility index (Phi) is 6.74.